The van der Waals surface area contributed by atoms with Gasteiger partial charge in [-0.2, -0.15) is 5.10 Å². The molecule has 78 valence electrons. The quantitative estimate of drug-likeness (QED) is 0.571. The van der Waals surface area contributed by atoms with Gasteiger partial charge in [-0.25, -0.2) is 0 Å². The number of nitrogens with zero attached hydrogens (tertiary/aromatic N) is 2. The molecule has 0 aliphatic carbocycles. The van der Waals surface area contributed by atoms with Crippen LogP contribution in [-0.2, 0) is 11.8 Å². The van der Waals surface area contributed by atoms with E-state index in [4.69, 9.17) is 5.73 Å². The molecule has 1 amide bonds. The Balaban J connectivity index is 2.31. The van der Waals surface area contributed by atoms with Crippen molar-refractivity contribution in [1.29, 1.82) is 0 Å². The van der Waals surface area contributed by atoms with Crippen molar-refractivity contribution in [3.05, 3.63) is 6.20 Å². The Kier molecular flexibility index (Phi) is 3.33. The van der Waals surface area contributed by atoms with E-state index in [0.717, 1.165) is 0 Å². The van der Waals surface area contributed by atoms with E-state index < -0.39 is 0 Å². The Hall–Kier alpha value is -1.72. The molecule has 0 saturated heterocycles. The van der Waals surface area contributed by atoms with E-state index in [2.05, 4.69) is 15.7 Å². The smallest absolute Gasteiger partial charge is 0.216 e. The Bertz CT molecular complexity index is 320. The second kappa shape index (κ2) is 4.50. The second-order valence-corrected chi connectivity index (χ2v) is 3.02. The molecule has 1 aromatic heterocycles. The number of carbonyl (C=O) groups excluding carboxylic acids is 1. The van der Waals surface area contributed by atoms with Crippen LogP contribution in [0.5, 0.6) is 0 Å². The Labute approximate surface area is 82.5 Å². The summed E-state index contributed by atoms with van der Waals surface area (Å²) in [6, 6.07) is 0. The summed E-state index contributed by atoms with van der Waals surface area (Å²) < 4.78 is 1.63. The highest BCUT2D eigenvalue weighted by Gasteiger charge is 2.01. The minimum atomic E-state index is -0.0409. The number of carbonyl (C=O) groups is 1. The van der Waals surface area contributed by atoms with Gasteiger partial charge in [0.2, 0.25) is 5.91 Å². The largest absolute Gasteiger partial charge is 0.394 e. The second-order valence-electron chi connectivity index (χ2n) is 3.02. The summed E-state index contributed by atoms with van der Waals surface area (Å²) in [6.45, 7) is 2.65. The van der Waals surface area contributed by atoms with Gasteiger partial charge < -0.3 is 16.4 Å². The molecule has 0 spiro atoms. The lowest BCUT2D eigenvalue weighted by atomic mass is 10.5. The third-order valence-corrected chi connectivity index (χ3v) is 1.65. The predicted octanol–water partition coefficient (Wildman–Crippen LogP) is -0.450. The molecule has 0 aromatic carbocycles. The number of nitrogens with two attached hydrogens (primary N) is 1. The van der Waals surface area contributed by atoms with Crippen molar-refractivity contribution in [2.75, 3.05) is 24.1 Å². The van der Waals surface area contributed by atoms with Gasteiger partial charge in [0, 0.05) is 33.3 Å². The molecule has 0 atom stereocenters. The maximum Gasteiger partial charge on any atom is 0.216 e. The van der Waals surface area contributed by atoms with Gasteiger partial charge in [0.15, 0.2) is 5.82 Å². The molecule has 0 radical (unpaired) electrons. The fourth-order valence-electron chi connectivity index (χ4n) is 1.06. The fraction of sp³-hybridized carbons (Fsp3) is 0.500. The van der Waals surface area contributed by atoms with Gasteiger partial charge in [0.1, 0.15) is 0 Å². The third kappa shape index (κ3) is 2.96. The first-order valence-corrected chi connectivity index (χ1v) is 4.37. The Morgan fingerprint density at radius 2 is 2.36 bits per heavy atom. The first kappa shape index (κ1) is 10.4. The van der Waals surface area contributed by atoms with E-state index in [1.54, 1.807) is 17.9 Å². The van der Waals surface area contributed by atoms with Gasteiger partial charge >= 0.3 is 0 Å². The van der Waals surface area contributed by atoms with Crippen molar-refractivity contribution in [2.45, 2.75) is 6.92 Å². The van der Waals surface area contributed by atoms with Gasteiger partial charge in [-0.05, 0) is 0 Å². The summed E-state index contributed by atoms with van der Waals surface area (Å²) in [5, 5.41) is 9.78. The molecule has 0 aliphatic rings. The van der Waals surface area contributed by atoms with Crippen molar-refractivity contribution in [2.24, 2.45) is 7.05 Å². The number of rotatable bonds is 4. The van der Waals surface area contributed by atoms with Gasteiger partial charge in [0.25, 0.3) is 0 Å². The molecule has 1 heterocycles. The Morgan fingerprint density at radius 1 is 1.64 bits per heavy atom. The zero-order chi connectivity index (χ0) is 10.6. The molecule has 0 unspecified atom stereocenters. The Morgan fingerprint density at radius 3 is 2.86 bits per heavy atom. The number of amides is 1. The number of hydrogen-bond donors (Lipinski definition) is 3. The van der Waals surface area contributed by atoms with Crippen molar-refractivity contribution in [3.8, 4) is 0 Å². The molecule has 0 aliphatic heterocycles. The molecular formula is C8H15N5O. The molecule has 1 rings (SSSR count). The lowest BCUT2D eigenvalue weighted by molar-refractivity contribution is -0.118. The highest BCUT2D eigenvalue weighted by molar-refractivity contribution is 5.72. The lowest BCUT2D eigenvalue weighted by Gasteiger charge is -2.03. The van der Waals surface area contributed by atoms with Gasteiger partial charge in [-0.15, -0.1) is 0 Å². The van der Waals surface area contributed by atoms with Crippen LogP contribution in [0.2, 0.25) is 0 Å². The number of hydrogen-bond acceptors (Lipinski definition) is 4. The van der Waals surface area contributed by atoms with E-state index in [9.17, 15) is 4.79 Å². The zero-order valence-corrected chi connectivity index (χ0v) is 8.37. The van der Waals surface area contributed by atoms with Crippen LogP contribution in [0.25, 0.3) is 0 Å². The highest BCUT2D eigenvalue weighted by atomic mass is 16.1. The first-order chi connectivity index (χ1) is 6.59. The van der Waals surface area contributed by atoms with Crippen molar-refractivity contribution >= 4 is 17.4 Å². The van der Waals surface area contributed by atoms with Gasteiger partial charge in [-0.3, -0.25) is 9.48 Å². The van der Waals surface area contributed by atoms with Crippen LogP contribution in [0.3, 0.4) is 0 Å². The number of nitrogens with one attached hydrogen (secondary N) is 2. The molecule has 0 saturated carbocycles. The lowest BCUT2D eigenvalue weighted by Crippen LogP contribution is -2.26. The van der Waals surface area contributed by atoms with Crippen LogP contribution in [0.15, 0.2) is 6.20 Å². The summed E-state index contributed by atoms with van der Waals surface area (Å²) in [4.78, 5) is 10.5. The van der Waals surface area contributed by atoms with E-state index in [1.165, 1.54) is 6.92 Å². The van der Waals surface area contributed by atoms with Gasteiger partial charge in [-0.1, -0.05) is 0 Å². The van der Waals surface area contributed by atoms with Crippen LogP contribution in [-0.4, -0.2) is 28.8 Å². The average Bonchev–Trinajstić information content (AvgIpc) is 2.39. The topological polar surface area (TPSA) is 85.0 Å². The molecule has 0 bridgehead atoms. The van der Waals surface area contributed by atoms with Crippen LogP contribution in [0.4, 0.5) is 11.5 Å². The van der Waals surface area contributed by atoms with E-state index in [-0.39, 0.29) is 5.91 Å². The number of aryl methyl sites for hydroxylation is 1. The van der Waals surface area contributed by atoms with E-state index in [1.807, 2.05) is 0 Å². The summed E-state index contributed by atoms with van der Waals surface area (Å²) in [6.07, 6.45) is 1.72. The predicted molar refractivity (Wildman–Crippen MR) is 54.8 cm³/mol. The molecule has 4 N–H and O–H groups in total. The monoisotopic (exact) mass is 197 g/mol. The molecule has 0 fully saturated rings. The van der Waals surface area contributed by atoms with Gasteiger partial charge in [0.05, 0.1) is 5.69 Å². The maximum absolute atomic E-state index is 10.5. The summed E-state index contributed by atoms with van der Waals surface area (Å²) >= 11 is 0. The van der Waals surface area contributed by atoms with Crippen LogP contribution in [0.1, 0.15) is 6.92 Å². The van der Waals surface area contributed by atoms with Crippen molar-refractivity contribution in [3.63, 3.8) is 0 Å². The molecule has 1 aromatic rings. The zero-order valence-electron chi connectivity index (χ0n) is 8.37. The van der Waals surface area contributed by atoms with E-state index in [0.29, 0.717) is 24.6 Å². The number of anilines is 2. The first-order valence-electron chi connectivity index (χ1n) is 4.37. The summed E-state index contributed by atoms with van der Waals surface area (Å²) in [5.74, 6) is 0.610. The van der Waals surface area contributed by atoms with Crippen LogP contribution >= 0.6 is 0 Å². The third-order valence-electron chi connectivity index (χ3n) is 1.65. The maximum atomic E-state index is 10.5. The average molecular weight is 197 g/mol. The fourth-order valence-corrected chi connectivity index (χ4v) is 1.06. The van der Waals surface area contributed by atoms with Crippen molar-refractivity contribution in [1.82, 2.24) is 15.1 Å². The number of aromatic nitrogens is 2. The van der Waals surface area contributed by atoms with Crippen molar-refractivity contribution < 1.29 is 4.79 Å². The molecular weight excluding hydrogens is 182 g/mol. The van der Waals surface area contributed by atoms with Crippen LogP contribution < -0.4 is 16.4 Å². The molecule has 6 heteroatoms. The minimum absolute atomic E-state index is 0.0409. The standard InChI is InChI=1S/C8H15N5O/c1-6(14)10-3-4-11-8-7(9)5-13(2)12-8/h5H,3-4,9H2,1-2H3,(H,10,14)(H,11,12). The normalized spacial score (nSPS) is 9.86. The molecule has 14 heavy (non-hydrogen) atoms. The SMILES string of the molecule is CC(=O)NCCNc1nn(C)cc1N. The molecule has 6 nitrogen and oxygen atoms in total. The summed E-state index contributed by atoms with van der Waals surface area (Å²) in [7, 11) is 1.80. The highest BCUT2D eigenvalue weighted by Crippen LogP contribution is 2.12. The summed E-state index contributed by atoms with van der Waals surface area (Å²) in [5.41, 5.74) is 6.26. The van der Waals surface area contributed by atoms with E-state index >= 15 is 0 Å². The number of nitrogen functional groups attached to an aromatic ring is 1. The minimum Gasteiger partial charge on any atom is -0.394 e. The van der Waals surface area contributed by atoms with Crippen LogP contribution in [0, 0.1) is 0 Å².